The van der Waals surface area contributed by atoms with Gasteiger partial charge in [0.2, 0.25) is 10.0 Å². The zero-order valence-electron chi connectivity index (χ0n) is 9.76. The van der Waals surface area contributed by atoms with E-state index in [1.54, 1.807) is 18.2 Å². The van der Waals surface area contributed by atoms with Crippen molar-refractivity contribution in [3.63, 3.8) is 0 Å². The van der Waals surface area contributed by atoms with Crippen LogP contribution in [0.2, 0.25) is 0 Å². The topological polar surface area (TPSA) is 92.1 Å². The summed E-state index contributed by atoms with van der Waals surface area (Å²) < 4.78 is 26.2. The minimum atomic E-state index is -3.38. The van der Waals surface area contributed by atoms with Gasteiger partial charge in [-0.2, -0.15) is 9.40 Å². The second-order valence-electron chi connectivity index (χ2n) is 4.43. The Labute approximate surface area is 105 Å². The zero-order chi connectivity index (χ0) is 12.8. The number of fused-ring (bicyclic) bond motifs is 1. The van der Waals surface area contributed by atoms with E-state index in [9.17, 15) is 8.42 Å². The lowest BCUT2D eigenvalue weighted by molar-refractivity contribution is 0.477. The normalized spacial score (nSPS) is 17.6. The van der Waals surface area contributed by atoms with Gasteiger partial charge in [-0.05, 0) is 31.0 Å². The number of H-pyrrole nitrogens is 1. The van der Waals surface area contributed by atoms with Crippen molar-refractivity contribution in [3.8, 4) is 0 Å². The SMILES string of the molecule is Nc1n[nH]c2cc(S(=O)(=O)N3CCCC3)ccc12. The number of nitrogens with one attached hydrogen (secondary N) is 1. The van der Waals surface area contributed by atoms with Gasteiger partial charge in [0.1, 0.15) is 0 Å². The van der Waals surface area contributed by atoms with E-state index in [-0.39, 0.29) is 0 Å². The van der Waals surface area contributed by atoms with Crippen LogP contribution in [0.4, 0.5) is 5.82 Å². The first-order valence-corrected chi connectivity index (χ1v) is 7.27. The molecule has 18 heavy (non-hydrogen) atoms. The molecule has 6 nitrogen and oxygen atoms in total. The van der Waals surface area contributed by atoms with E-state index in [0.29, 0.717) is 29.3 Å². The fourth-order valence-electron chi connectivity index (χ4n) is 2.26. The highest BCUT2D eigenvalue weighted by atomic mass is 32.2. The summed E-state index contributed by atoms with van der Waals surface area (Å²) in [6.45, 7) is 1.21. The van der Waals surface area contributed by atoms with Crippen LogP contribution in [0.1, 0.15) is 12.8 Å². The number of sulfonamides is 1. The Morgan fingerprint density at radius 3 is 2.72 bits per heavy atom. The molecule has 0 atom stereocenters. The predicted molar refractivity (Wildman–Crippen MR) is 68.5 cm³/mol. The largest absolute Gasteiger partial charge is 0.382 e. The second-order valence-corrected chi connectivity index (χ2v) is 6.37. The molecule has 1 aliphatic heterocycles. The third kappa shape index (κ3) is 1.67. The summed E-state index contributed by atoms with van der Waals surface area (Å²) in [6, 6.07) is 4.87. The van der Waals surface area contributed by atoms with E-state index >= 15 is 0 Å². The van der Waals surface area contributed by atoms with Crippen molar-refractivity contribution in [3.05, 3.63) is 18.2 Å². The lowest BCUT2D eigenvalue weighted by Crippen LogP contribution is -2.27. The number of rotatable bonds is 2. The predicted octanol–water partition coefficient (Wildman–Crippen LogP) is 0.930. The van der Waals surface area contributed by atoms with Gasteiger partial charge in [-0.15, -0.1) is 0 Å². The number of anilines is 1. The molecular weight excluding hydrogens is 252 g/mol. The van der Waals surface area contributed by atoms with Gasteiger partial charge in [-0.25, -0.2) is 8.42 Å². The van der Waals surface area contributed by atoms with Crippen molar-refractivity contribution in [2.75, 3.05) is 18.8 Å². The van der Waals surface area contributed by atoms with E-state index in [4.69, 9.17) is 5.73 Å². The Balaban J connectivity index is 2.08. The molecule has 2 aromatic rings. The summed E-state index contributed by atoms with van der Waals surface area (Å²) in [7, 11) is -3.38. The minimum Gasteiger partial charge on any atom is -0.382 e. The standard InChI is InChI=1S/C11H14N4O2S/c12-11-9-4-3-8(7-10(9)13-14-11)18(16,17)15-5-1-2-6-15/h3-4,7H,1-2,5-6H2,(H3,12,13,14). The van der Waals surface area contributed by atoms with Gasteiger partial charge in [-0.1, -0.05) is 0 Å². The molecule has 0 amide bonds. The van der Waals surface area contributed by atoms with Crippen LogP contribution in [0.5, 0.6) is 0 Å². The number of nitrogens with two attached hydrogens (primary N) is 1. The molecule has 0 spiro atoms. The van der Waals surface area contributed by atoms with Gasteiger partial charge >= 0.3 is 0 Å². The highest BCUT2D eigenvalue weighted by Crippen LogP contribution is 2.25. The smallest absolute Gasteiger partial charge is 0.243 e. The molecule has 1 fully saturated rings. The molecular formula is C11H14N4O2S. The number of hydrogen-bond donors (Lipinski definition) is 2. The summed E-state index contributed by atoms with van der Waals surface area (Å²) in [4.78, 5) is 0.292. The molecule has 0 aliphatic carbocycles. The monoisotopic (exact) mass is 266 g/mol. The molecule has 1 aromatic heterocycles. The van der Waals surface area contributed by atoms with E-state index in [1.165, 1.54) is 4.31 Å². The fourth-order valence-corrected chi connectivity index (χ4v) is 3.80. The van der Waals surface area contributed by atoms with Crippen LogP contribution in [0, 0.1) is 0 Å². The third-order valence-corrected chi connectivity index (χ3v) is 5.16. The minimum absolute atomic E-state index is 0.292. The van der Waals surface area contributed by atoms with Gasteiger partial charge in [0.15, 0.2) is 5.82 Å². The van der Waals surface area contributed by atoms with Crippen molar-refractivity contribution in [1.29, 1.82) is 0 Å². The lowest BCUT2D eigenvalue weighted by atomic mass is 10.2. The fraction of sp³-hybridized carbons (Fsp3) is 0.364. The highest BCUT2D eigenvalue weighted by molar-refractivity contribution is 7.89. The van der Waals surface area contributed by atoms with Crippen molar-refractivity contribution >= 4 is 26.7 Å². The number of aromatic nitrogens is 2. The Morgan fingerprint density at radius 1 is 1.28 bits per heavy atom. The van der Waals surface area contributed by atoms with Crippen LogP contribution >= 0.6 is 0 Å². The number of nitrogen functional groups attached to an aromatic ring is 1. The Morgan fingerprint density at radius 2 is 2.00 bits per heavy atom. The van der Waals surface area contributed by atoms with Crippen molar-refractivity contribution in [2.24, 2.45) is 0 Å². The van der Waals surface area contributed by atoms with Crippen molar-refractivity contribution in [1.82, 2.24) is 14.5 Å². The highest BCUT2D eigenvalue weighted by Gasteiger charge is 2.27. The molecule has 0 unspecified atom stereocenters. The van der Waals surface area contributed by atoms with Crippen LogP contribution in [-0.2, 0) is 10.0 Å². The number of aromatic amines is 1. The Kier molecular flexibility index (Phi) is 2.53. The maximum atomic E-state index is 12.3. The Bertz CT molecular complexity index is 686. The quantitative estimate of drug-likeness (QED) is 0.845. The van der Waals surface area contributed by atoms with Gasteiger partial charge in [0.25, 0.3) is 0 Å². The zero-order valence-corrected chi connectivity index (χ0v) is 10.6. The van der Waals surface area contributed by atoms with Crippen LogP contribution in [0.25, 0.3) is 10.9 Å². The number of nitrogens with zero attached hydrogens (tertiary/aromatic N) is 2. The maximum Gasteiger partial charge on any atom is 0.243 e. The van der Waals surface area contributed by atoms with Crippen LogP contribution in [0.3, 0.4) is 0 Å². The number of hydrogen-bond acceptors (Lipinski definition) is 4. The van der Waals surface area contributed by atoms with Gasteiger partial charge in [0.05, 0.1) is 10.4 Å². The molecule has 2 heterocycles. The molecule has 0 saturated carbocycles. The summed E-state index contributed by atoms with van der Waals surface area (Å²) >= 11 is 0. The Hall–Kier alpha value is -1.60. The van der Waals surface area contributed by atoms with Crippen molar-refractivity contribution in [2.45, 2.75) is 17.7 Å². The lowest BCUT2D eigenvalue weighted by Gasteiger charge is -2.15. The van der Waals surface area contributed by atoms with Crippen LogP contribution < -0.4 is 5.73 Å². The van der Waals surface area contributed by atoms with Crippen LogP contribution in [0.15, 0.2) is 23.1 Å². The maximum absolute atomic E-state index is 12.3. The molecule has 3 rings (SSSR count). The molecule has 0 bridgehead atoms. The number of benzene rings is 1. The van der Waals surface area contributed by atoms with Gasteiger partial charge in [-0.3, -0.25) is 5.10 Å². The molecule has 3 N–H and O–H groups in total. The van der Waals surface area contributed by atoms with E-state index < -0.39 is 10.0 Å². The summed E-state index contributed by atoms with van der Waals surface area (Å²) in [5.74, 6) is 0.384. The average molecular weight is 266 g/mol. The third-order valence-electron chi connectivity index (χ3n) is 3.27. The first kappa shape index (κ1) is 11.5. The molecule has 1 aliphatic rings. The van der Waals surface area contributed by atoms with E-state index in [1.807, 2.05) is 0 Å². The average Bonchev–Trinajstić information content (AvgIpc) is 2.99. The summed E-state index contributed by atoms with van der Waals surface area (Å²) in [6.07, 6.45) is 1.86. The molecule has 7 heteroatoms. The van der Waals surface area contributed by atoms with Crippen LogP contribution in [-0.4, -0.2) is 36.0 Å². The van der Waals surface area contributed by atoms with E-state index in [2.05, 4.69) is 10.2 Å². The molecule has 1 saturated heterocycles. The summed E-state index contributed by atoms with van der Waals surface area (Å²) in [5, 5.41) is 7.34. The van der Waals surface area contributed by atoms with Crippen molar-refractivity contribution < 1.29 is 8.42 Å². The first-order chi connectivity index (χ1) is 8.59. The van der Waals surface area contributed by atoms with Gasteiger partial charge < -0.3 is 5.73 Å². The molecule has 96 valence electrons. The first-order valence-electron chi connectivity index (χ1n) is 5.83. The summed E-state index contributed by atoms with van der Waals surface area (Å²) in [5.41, 5.74) is 6.30. The van der Waals surface area contributed by atoms with E-state index in [0.717, 1.165) is 18.2 Å². The molecule has 0 radical (unpaired) electrons. The molecule has 1 aromatic carbocycles. The second kappa shape index (κ2) is 3.96. The van der Waals surface area contributed by atoms with Gasteiger partial charge in [0, 0.05) is 18.5 Å².